The van der Waals surface area contributed by atoms with Crippen LogP contribution in [0.2, 0.25) is 5.02 Å². The Hall–Kier alpha value is -3.89. The maximum atomic E-state index is 13.3. The predicted molar refractivity (Wildman–Crippen MR) is 143 cm³/mol. The summed E-state index contributed by atoms with van der Waals surface area (Å²) in [6, 6.07) is 9.42. The summed E-state index contributed by atoms with van der Waals surface area (Å²) in [6.07, 6.45) is -4.58. The molecule has 2 aromatic heterocycles. The number of aliphatic hydroxyl groups is 1. The minimum absolute atomic E-state index is 0.00234. The number of nitrogens with one attached hydrogen (secondary N) is 1. The Kier molecular flexibility index (Phi) is 7.22. The fraction of sp³-hybridized carbons (Fsp3) is 0.250. The van der Waals surface area contributed by atoms with Gasteiger partial charge in [0.15, 0.2) is 5.65 Å². The van der Waals surface area contributed by atoms with Crippen LogP contribution in [0.1, 0.15) is 43.2 Å². The third kappa shape index (κ3) is 5.62. The van der Waals surface area contributed by atoms with Gasteiger partial charge in [0.2, 0.25) is 22.8 Å². The van der Waals surface area contributed by atoms with E-state index in [1.54, 1.807) is 52.0 Å². The molecule has 2 aromatic carbocycles. The Morgan fingerprint density at radius 1 is 1.15 bits per heavy atom. The van der Waals surface area contributed by atoms with Gasteiger partial charge in [0.1, 0.15) is 6.54 Å². The summed E-state index contributed by atoms with van der Waals surface area (Å²) < 4.78 is 46.2. The lowest BCUT2D eigenvalue weighted by atomic mass is 9.97. The Morgan fingerprint density at radius 2 is 1.77 bits per heavy atom. The molecule has 0 saturated heterocycles. The average molecular weight is 560 g/mol. The second-order valence-corrected chi connectivity index (χ2v) is 10.1. The zero-order chi connectivity index (χ0) is 28.9. The van der Waals surface area contributed by atoms with Crippen molar-refractivity contribution in [3.8, 4) is 11.5 Å². The minimum Gasteiger partial charge on any atom is -0.430 e. The van der Waals surface area contributed by atoms with E-state index >= 15 is 0 Å². The largest absolute Gasteiger partial charge is 0.430 e. The molecule has 4 rings (SSSR count). The number of carbonyl (C=O) groups excluding carboxylic acids is 1. The van der Waals surface area contributed by atoms with Crippen LogP contribution >= 0.6 is 11.6 Å². The molecule has 0 bridgehead atoms. The van der Waals surface area contributed by atoms with Crippen LogP contribution in [0.15, 0.2) is 58.3 Å². The van der Waals surface area contributed by atoms with Crippen LogP contribution in [0.25, 0.3) is 28.3 Å². The van der Waals surface area contributed by atoms with Crippen molar-refractivity contribution in [2.45, 2.75) is 46.0 Å². The number of aromatic nitrogens is 2. The number of oxazole rings is 1. The Morgan fingerprint density at radius 3 is 2.31 bits per heavy atom. The third-order valence-electron chi connectivity index (χ3n) is 6.20. The van der Waals surface area contributed by atoms with Gasteiger partial charge in [-0.2, -0.15) is 18.2 Å². The summed E-state index contributed by atoms with van der Waals surface area (Å²) in [5, 5.41) is 12.5. The molecule has 0 aliphatic heterocycles. The Labute approximate surface area is 226 Å². The summed E-state index contributed by atoms with van der Waals surface area (Å²) in [5.74, 6) is -0.487. The van der Waals surface area contributed by atoms with Crippen molar-refractivity contribution >= 4 is 40.0 Å². The fourth-order valence-corrected chi connectivity index (χ4v) is 4.41. The number of allylic oxidation sites excluding steroid dienone is 1. The molecule has 39 heavy (non-hydrogen) atoms. The normalized spacial score (nSPS) is 12.1. The number of hydrogen-bond acceptors (Lipinski definition) is 5. The van der Waals surface area contributed by atoms with Gasteiger partial charge in [0.05, 0.1) is 21.9 Å². The topological polar surface area (TPSA) is 97.4 Å². The molecule has 7 nitrogen and oxygen atoms in total. The van der Waals surface area contributed by atoms with E-state index in [4.69, 9.17) is 16.0 Å². The van der Waals surface area contributed by atoms with Crippen molar-refractivity contribution < 1.29 is 27.5 Å². The van der Waals surface area contributed by atoms with Crippen LogP contribution in [0, 0.1) is 6.92 Å². The molecule has 0 atom stereocenters. The molecule has 4 aromatic rings. The van der Waals surface area contributed by atoms with Gasteiger partial charge in [-0.1, -0.05) is 30.3 Å². The molecule has 11 heteroatoms. The third-order valence-corrected chi connectivity index (χ3v) is 6.51. The van der Waals surface area contributed by atoms with E-state index in [1.807, 2.05) is 0 Å². The van der Waals surface area contributed by atoms with Gasteiger partial charge in [-0.25, -0.2) is 0 Å². The molecule has 204 valence electrons. The van der Waals surface area contributed by atoms with E-state index in [9.17, 15) is 27.9 Å². The molecule has 0 unspecified atom stereocenters. The lowest BCUT2D eigenvalue weighted by molar-refractivity contribution is -0.137. The van der Waals surface area contributed by atoms with Crippen LogP contribution in [-0.2, 0) is 23.1 Å². The molecule has 0 aliphatic carbocycles. The molecule has 0 saturated carbocycles. The maximum Gasteiger partial charge on any atom is 0.416 e. The van der Waals surface area contributed by atoms with Crippen LogP contribution < -0.4 is 10.7 Å². The van der Waals surface area contributed by atoms with Crippen molar-refractivity contribution in [3.63, 3.8) is 0 Å². The second kappa shape index (κ2) is 10.0. The van der Waals surface area contributed by atoms with E-state index in [0.717, 1.165) is 18.2 Å². The highest BCUT2D eigenvalue weighted by Crippen LogP contribution is 2.34. The summed E-state index contributed by atoms with van der Waals surface area (Å²) in [4.78, 5) is 30.7. The second-order valence-electron chi connectivity index (χ2n) is 9.70. The van der Waals surface area contributed by atoms with Crippen molar-refractivity contribution in [2.24, 2.45) is 0 Å². The average Bonchev–Trinajstić information content (AvgIpc) is 3.28. The summed E-state index contributed by atoms with van der Waals surface area (Å²) in [7, 11) is 0. The molecule has 2 heterocycles. The first-order valence-electron chi connectivity index (χ1n) is 11.8. The van der Waals surface area contributed by atoms with Crippen molar-refractivity contribution in [1.82, 2.24) is 9.55 Å². The van der Waals surface area contributed by atoms with Crippen LogP contribution in [0.5, 0.6) is 0 Å². The molecular weight excluding hydrogens is 535 g/mol. The zero-order valence-electron chi connectivity index (χ0n) is 21.5. The highest BCUT2D eigenvalue weighted by Gasteiger charge is 2.31. The van der Waals surface area contributed by atoms with Gasteiger partial charge in [-0.3, -0.25) is 9.59 Å². The number of hydrogen-bond donors (Lipinski definition) is 2. The molecular formula is C28H25ClF3N3O4. The first kappa shape index (κ1) is 28.1. The number of halogens is 4. The van der Waals surface area contributed by atoms with Crippen LogP contribution in [0.3, 0.4) is 0 Å². The quantitative estimate of drug-likeness (QED) is 0.280. The number of amides is 1. The van der Waals surface area contributed by atoms with Crippen molar-refractivity contribution in [2.75, 3.05) is 5.32 Å². The van der Waals surface area contributed by atoms with Crippen LogP contribution in [-0.4, -0.2) is 20.6 Å². The molecule has 0 radical (unpaired) electrons. The van der Waals surface area contributed by atoms with E-state index in [1.165, 1.54) is 4.57 Å². The molecule has 2 N–H and O–H groups in total. The van der Waals surface area contributed by atoms with Gasteiger partial charge in [0, 0.05) is 16.8 Å². The predicted octanol–water partition coefficient (Wildman–Crippen LogP) is 6.54. The molecule has 0 aliphatic rings. The first-order chi connectivity index (χ1) is 18.1. The first-order valence-corrected chi connectivity index (χ1v) is 12.2. The standard InChI is InChI=1S/C28H25ClF3N3O4/c1-14(2)22-15(3)35(13-21(36)33-20-11-10-18(12-19(20)29)28(30,31)32)25-24(23(22)37)39-26(34-25)16-6-8-17(9-7-16)27(4,5)38/h6-12,38H,1,13H2,2-5H3,(H,33,36). The minimum atomic E-state index is -4.58. The smallest absolute Gasteiger partial charge is 0.416 e. The number of anilines is 1. The van der Waals surface area contributed by atoms with Gasteiger partial charge in [-0.05, 0) is 69.2 Å². The summed E-state index contributed by atoms with van der Waals surface area (Å²) in [5.41, 5.74) is -0.0930. The number of nitrogens with zero attached hydrogens (tertiary/aromatic N) is 2. The number of benzene rings is 2. The highest BCUT2D eigenvalue weighted by molar-refractivity contribution is 6.33. The van der Waals surface area contributed by atoms with E-state index < -0.39 is 28.7 Å². The lowest BCUT2D eigenvalue weighted by Gasteiger charge is -2.17. The van der Waals surface area contributed by atoms with E-state index in [-0.39, 0.29) is 39.9 Å². The number of alkyl halides is 3. The molecule has 0 fully saturated rings. The van der Waals surface area contributed by atoms with E-state index in [0.29, 0.717) is 22.4 Å². The zero-order valence-corrected chi connectivity index (χ0v) is 22.3. The van der Waals surface area contributed by atoms with Crippen LogP contribution in [0.4, 0.5) is 18.9 Å². The Bertz CT molecular complexity index is 1660. The monoisotopic (exact) mass is 559 g/mol. The molecule has 1 amide bonds. The van der Waals surface area contributed by atoms with Gasteiger partial charge >= 0.3 is 6.18 Å². The fourth-order valence-electron chi connectivity index (χ4n) is 4.18. The maximum absolute atomic E-state index is 13.3. The number of carbonyl (C=O) groups is 1. The van der Waals surface area contributed by atoms with E-state index in [2.05, 4.69) is 16.9 Å². The summed E-state index contributed by atoms with van der Waals surface area (Å²) >= 11 is 5.99. The summed E-state index contributed by atoms with van der Waals surface area (Å²) in [6.45, 7) is 10.1. The number of pyridine rings is 1. The van der Waals surface area contributed by atoms with Gasteiger partial charge < -0.3 is 19.4 Å². The number of fused-ring (bicyclic) bond motifs is 1. The SMILES string of the molecule is C=C(C)c1c(C)n(CC(=O)Nc2ccc(C(F)(F)F)cc2Cl)c2nc(-c3ccc(C(C)(C)O)cc3)oc2c1=O. The van der Waals surface area contributed by atoms with Gasteiger partial charge in [0.25, 0.3) is 0 Å². The van der Waals surface area contributed by atoms with Crippen molar-refractivity contribution in [3.05, 3.63) is 86.7 Å². The highest BCUT2D eigenvalue weighted by atomic mass is 35.5. The molecule has 0 spiro atoms. The van der Waals surface area contributed by atoms with Crippen molar-refractivity contribution in [1.29, 1.82) is 0 Å². The number of rotatable bonds is 6. The van der Waals surface area contributed by atoms with Gasteiger partial charge in [-0.15, -0.1) is 0 Å². The lowest BCUT2D eigenvalue weighted by Crippen LogP contribution is -2.24. The Balaban J connectivity index is 1.75.